The Kier molecular flexibility index (Phi) is 7.81. The van der Waals surface area contributed by atoms with Crippen LogP contribution in [0.1, 0.15) is 31.2 Å². The summed E-state index contributed by atoms with van der Waals surface area (Å²) in [5.74, 6) is 1.25. The summed E-state index contributed by atoms with van der Waals surface area (Å²) in [4.78, 5) is 43.5. The maximum absolute atomic E-state index is 14.2. The third-order valence-corrected chi connectivity index (χ3v) is 8.47. The highest BCUT2D eigenvalue weighted by Gasteiger charge is 2.36. The number of benzene rings is 3. The number of thiazole rings is 1. The van der Waals surface area contributed by atoms with E-state index >= 15 is 0 Å². The number of nitrogens with zero attached hydrogens (tertiary/aromatic N) is 3. The zero-order valence-electron chi connectivity index (χ0n) is 24.7. The lowest BCUT2D eigenvalue weighted by Crippen LogP contribution is -2.40. The molecule has 2 aromatic heterocycles. The van der Waals surface area contributed by atoms with Crippen LogP contribution in [-0.2, 0) is 9.53 Å². The van der Waals surface area contributed by atoms with E-state index in [2.05, 4.69) is 4.99 Å². The van der Waals surface area contributed by atoms with Crippen molar-refractivity contribution in [3.05, 3.63) is 119 Å². The van der Waals surface area contributed by atoms with Gasteiger partial charge in [-0.15, -0.1) is 0 Å². The maximum atomic E-state index is 14.2. The summed E-state index contributed by atoms with van der Waals surface area (Å²) in [6.07, 6.45) is 1.59. The molecule has 0 saturated carbocycles. The summed E-state index contributed by atoms with van der Waals surface area (Å²) in [6, 6.07) is 17.8. The molecule has 6 rings (SSSR count). The van der Waals surface area contributed by atoms with Crippen molar-refractivity contribution in [3.63, 3.8) is 0 Å². The first-order valence-corrected chi connectivity index (χ1v) is 14.7. The molecule has 1 aliphatic heterocycles. The number of methoxy groups -OCH3 is 2. The highest BCUT2D eigenvalue weighted by atomic mass is 32.1. The minimum absolute atomic E-state index is 0.0620. The normalized spacial score (nSPS) is 14.7. The van der Waals surface area contributed by atoms with Gasteiger partial charge in [-0.05, 0) is 55.0 Å². The number of allylic oxidation sites excluding steroid dienone is 1. The van der Waals surface area contributed by atoms with E-state index in [1.54, 1.807) is 57.4 Å². The summed E-state index contributed by atoms with van der Waals surface area (Å²) in [7, 11) is 3.10. The summed E-state index contributed by atoms with van der Waals surface area (Å²) < 4.78 is 24.5. The fourth-order valence-electron chi connectivity index (χ4n) is 5.44. The van der Waals surface area contributed by atoms with E-state index in [1.165, 1.54) is 23.8 Å². The minimum atomic E-state index is -0.926. The van der Waals surface area contributed by atoms with Crippen molar-refractivity contribution in [1.29, 1.82) is 0 Å². The van der Waals surface area contributed by atoms with E-state index in [0.717, 1.165) is 22.1 Å². The van der Waals surface area contributed by atoms with Crippen molar-refractivity contribution in [2.24, 2.45) is 4.99 Å². The van der Waals surface area contributed by atoms with Crippen LogP contribution in [0.2, 0.25) is 0 Å². The second-order valence-corrected chi connectivity index (χ2v) is 11.1. The molecule has 5 aromatic rings. The lowest BCUT2D eigenvalue weighted by atomic mass is 9.90. The number of ether oxygens (including phenoxy) is 3. The molecule has 0 amide bonds. The van der Waals surface area contributed by atoms with Gasteiger partial charge in [-0.2, -0.15) is 0 Å². The van der Waals surface area contributed by atoms with E-state index in [4.69, 9.17) is 18.6 Å². The topological polar surface area (TPSA) is 135 Å². The van der Waals surface area contributed by atoms with Gasteiger partial charge in [0.2, 0.25) is 0 Å². The summed E-state index contributed by atoms with van der Waals surface area (Å²) in [5, 5.41) is 12.8. The van der Waals surface area contributed by atoms with Crippen LogP contribution in [0.5, 0.6) is 11.5 Å². The summed E-state index contributed by atoms with van der Waals surface area (Å²) >= 11 is 1.15. The third-order valence-electron chi connectivity index (χ3n) is 7.48. The molecule has 0 aliphatic carbocycles. The molecule has 0 N–H and O–H groups in total. The monoisotopic (exact) mass is 625 g/mol. The van der Waals surface area contributed by atoms with E-state index < -0.39 is 22.5 Å². The molecular weight excluding hydrogens is 598 g/mol. The van der Waals surface area contributed by atoms with Crippen molar-refractivity contribution in [2.75, 3.05) is 20.8 Å². The quantitative estimate of drug-likeness (QED) is 0.131. The molecular formula is C33H27N3O8S. The molecule has 0 radical (unpaired) electrons. The maximum Gasteiger partial charge on any atom is 0.338 e. The molecule has 0 bridgehead atoms. The lowest BCUT2D eigenvalue weighted by Gasteiger charge is -2.27. The molecule has 1 unspecified atom stereocenters. The van der Waals surface area contributed by atoms with Gasteiger partial charge in [0.15, 0.2) is 4.80 Å². The van der Waals surface area contributed by atoms with Gasteiger partial charge < -0.3 is 18.6 Å². The van der Waals surface area contributed by atoms with Crippen molar-refractivity contribution >= 4 is 39.8 Å². The summed E-state index contributed by atoms with van der Waals surface area (Å²) in [6.45, 7) is 3.57. The van der Waals surface area contributed by atoms with Crippen LogP contribution in [0.4, 0.5) is 5.69 Å². The minimum Gasteiger partial charge on any atom is -0.497 e. The number of aromatic nitrogens is 1. The molecule has 45 heavy (non-hydrogen) atoms. The molecule has 11 nitrogen and oxygen atoms in total. The van der Waals surface area contributed by atoms with Crippen molar-refractivity contribution < 1.29 is 28.3 Å². The van der Waals surface area contributed by atoms with Crippen LogP contribution in [0, 0.1) is 10.1 Å². The Morgan fingerprint density at radius 2 is 1.91 bits per heavy atom. The fraction of sp³-hybridized carbons (Fsp3) is 0.182. The number of nitro benzene ring substituents is 1. The second-order valence-electron chi connectivity index (χ2n) is 10.1. The number of nitro groups is 1. The van der Waals surface area contributed by atoms with Gasteiger partial charge in [0.1, 0.15) is 29.1 Å². The van der Waals surface area contributed by atoms with Crippen LogP contribution in [0.15, 0.2) is 92.2 Å². The second kappa shape index (κ2) is 11.9. The van der Waals surface area contributed by atoms with Crippen molar-refractivity contribution in [1.82, 2.24) is 4.57 Å². The molecule has 228 valence electrons. The Balaban J connectivity index is 1.56. The Hall–Kier alpha value is -5.49. The number of rotatable bonds is 8. The average molecular weight is 626 g/mol. The van der Waals surface area contributed by atoms with Crippen LogP contribution in [0.25, 0.3) is 28.2 Å². The van der Waals surface area contributed by atoms with Gasteiger partial charge in [0, 0.05) is 29.3 Å². The molecule has 0 spiro atoms. The molecule has 3 heterocycles. The van der Waals surface area contributed by atoms with E-state index in [-0.39, 0.29) is 17.9 Å². The van der Waals surface area contributed by atoms with Crippen LogP contribution >= 0.6 is 11.3 Å². The summed E-state index contributed by atoms with van der Waals surface area (Å²) in [5.41, 5.74) is 1.29. The standard InChI is InChI=1S/C33H27N3O8S/c1-5-43-32(38)28-18(2)34-33-35(30(28)29-24-16-22(41-3)11-9-19(24)10-13-26(29)42-4)31(37)27(45-33)17-23-12-14-25(44-23)20-7-6-8-21(15-20)36(39)40/h6-17,30H,5H2,1-4H3/b27-17-. The zero-order valence-corrected chi connectivity index (χ0v) is 25.5. The highest BCUT2D eigenvalue weighted by molar-refractivity contribution is 7.07. The molecule has 12 heteroatoms. The van der Waals surface area contributed by atoms with Gasteiger partial charge in [-0.25, -0.2) is 9.79 Å². The first kappa shape index (κ1) is 29.6. The van der Waals surface area contributed by atoms with Crippen LogP contribution in [-0.4, -0.2) is 36.3 Å². The number of hydrogen-bond acceptors (Lipinski definition) is 10. The largest absolute Gasteiger partial charge is 0.497 e. The Bertz CT molecular complexity index is 2200. The molecule has 0 fully saturated rings. The number of fused-ring (bicyclic) bond motifs is 2. The number of furan rings is 1. The van der Waals surface area contributed by atoms with Gasteiger partial charge >= 0.3 is 5.97 Å². The molecule has 1 atom stereocenters. The predicted octanol–water partition coefficient (Wildman–Crippen LogP) is 5.14. The van der Waals surface area contributed by atoms with Gasteiger partial charge in [-0.1, -0.05) is 35.6 Å². The first-order valence-electron chi connectivity index (χ1n) is 13.9. The Morgan fingerprint density at radius 1 is 1.11 bits per heavy atom. The third kappa shape index (κ3) is 5.29. The number of esters is 1. The van der Waals surface area contributed by atoms with E-state index in [1.807, 2.05) is 24.3 Å². The van der Waals surface area contributed by atoms with Gasteiger partial charge in [-0.3, -0.25) is 19.5 Å². The molecule has 0 saturated heterocycles. The number of carbonyl (C=O) groups excluding carboxylic acids is 1. The number of non-ortho nitro benzene ring substituents is 1. The van der Waals surface area contributed by atoms with Gasteiger partial charge in [0.25, 0.3) is 11.2 Å². The van der Waals surface area contributed by atoms with Crippen LogP contribution in [0.3, 0.4) is 0 Å². The lowest BCUT2D eigenvalue weighted by molar-refractivity contribution is -0.384. The SMILES string of the molecule is CCOC(=O)C1=C(C)N=c2s/c(=C\c3ccc(-c4cccc([N+](=O)[O-])c4)o3)c(=O)n2C1c1c(OC)ccc2ccc(OC)cc12. The first-order chi connectivity index (χ1) is 21.7. The smallest absolute Gasteiger partial charge is 0.338 e. The number of carbonyl (C=O) groups is 1. The molecule has 1 aliphatic rings. The number of hydrogen-bond donors (Lipinski definition) is 0. The highest BCUT2D eigenvalue weighted by Crippen LogP contribution is 2.41. The Labute approximate surface area is 260 Å². The zero-order chi connectivity index (χ0) is 31.8. The van der Waals surface area contributed by atoms with Crippen LogP contribution < -0.4 is 24.4 Å². The van der Waals surface area contributed by atoms with E-state index in [0.29, 0.717) is 49.2 Å². The van der Waals surface area contributed by atoms with Gasteiger partial charge in [0.05, 0.1) is 41.6 Å². The fourth-order valence-corrected chi connectivity index (χ4v) is 6.47. The average Bonchev–Trinajstić information content (AvgIpc) is 3.63. The van der Waals surface area contributed by atoms with Crippen molar-refractivity contribution in [3.8, 4) is 22.8 Å². The predicted molar refractivity (Wildman–Crippen MR) is 168 cm³/mol. The Morgan fingerprint density at radius 3 is 2.64 bits per heavy atom. The van der Waals surface area contributed by atoms with E-state index in [9.17, 15) is 19.7 Å². The van der Waals surface area contributed by atoms with Crippen molar-refractivity contribution in [2.45, 2.75) is 19.9 Å². The molecule has 3 aromatic carbocycles.